The van der Waals surface area contributed by atoms with Gasteiger partial charge in [-0.3, -0.25) is 4.79 Å². The molecule has 1 amide bonds. The number of amides is 1. The summed E-state index contributed by atoms with van der Waals surface area (Å²) >= 11 is 0. The summed E-state index contributed by atoms with van der Waals surface area (Å²) in [5.74, 6) is 0.780. The third kappa shape index (κ3) is 6.73. The van der Waals surface area contributed by atoms with E-state index in [2.05, 4.69) is 20.5 Å². The molecule has 0 saturated heterocycles. The lowest BCUT2D eigenvalue weighted by Gasteiger charge is -2.11. The van der Waals surface area contributed by atoms with Crippen molar-refractivity contribution in [2.75, 3.05) is 44.4 Å². The number of carbonyl (C=O) groups excluding carboxylic acids is 1. The van der Waals surface area contributed by atoms with Crippen molar-refractivity contribution in [1.82, 2.24) is 9.88 Å². The molecule has 1 aromatic heterocycles. The zero-order valence-corrected chi connectivity index (χ0v) is 11.6. The van der Waals surface area contributed by atoms with Gasteiger partial charge in [0.1, 0.15) is 5.82 Å². The Labute approximate surface area is 114 Å². The van der Waals surface area contributed by atoms with Crippen molar-refractivity contribution in [2.45, 2.75) is 12.8 Å². The number of aromatic nitrogens is 1. The highest BCUT2D eigenvalue weighted by Gasteiger charge is 2.02. The molecule has 0 aliphatic rings. The maximum atomic E-state index is 11.5. The van der Waals surface area contributed by atoms with Gasteiger partial charge >= 0.3 is 0 Å². The molecule has 0 radical (unpaired) electrons. The van der Waals surface area contributed by atoms with Crippen molar-refractivity contribution in [3.8, 4) is 0 Å². The van der Waals surface area contributed by atoms with E-state index in [1.54, 1.807) is 6.20 Å². The number of anilines is 2. The summed E-state index contributed by atoms with van der Waals surface area (Å²) in [4.78, 5) is 17.8. The van der Waals surface area contributed by atoms with Crippen LogP contribution in [0.5, 0.6) is 0 Å². The first-order chi connectivity index (χ1) is 9.11. The third-order valence-electron chi connectivity index (χ3n) is 2.52. The zero-order chi connectivity index (χ0) is 14.1. The second kappa shape index (κ2) is 8.44. The van der Waals surface area contributed by atoms with Crippen LogP contribution < -0.4 is 16.4 Å². The van der Waals surface area contributed by atoms with E-state index in [-0.39, 0.29) is 5.91 Å². The van der Waals surface area contributed by atoms with E-state index in [0.717, 1.165) is 18.9 Å². The van der Waals surface area contributed by atoms with Crippen molar-refractivity contribution in [1.29, 1.82) is 0 Å². The largest absolute Gasteiger partial charge is 0.369 e. The molecule has 0 aliphatic carbocycles. The molecular formula is C13H23N5O. The molecule has 0 aromatic carbocycles. The van der Waals surface area contributed by atoms with Crippen LogP contribution in [-0.4, -0.2) is 49.5 Å². The first kappa shape index (κ1) is 15.4. The van der Waals surface area contributed by atoms with Crippen LogP contribution >= 0.6 is 0 Å². The summed E-state index contributed by atoms with van der Waals surface area (Å²) in [6, 6.07) is 3.69. The average Bonchev–Trinajstić information content (AvgIpc) is 2.38. The van der Waals surface area contributed by atoms with Gasteiger partial charge in [-0.15, -0.1) is 0 Å². The van der Waals surface area contributed by atoms with Gasteiger partial charge in [0.2, 0.25) is 5.91 Å². The van der Waals surface area contributed by atoms with Crippen molar-refractivity contribution >= 4 is 17.4 Å². The van der Waals surface area contributed by atoms with Gasteiger partial charge in [-0.05, 0) is 39.2 Å². The Kier molecular flexibility index (Phi) is 6.84. The van der Waals surface area contributed by atoms with Gasteiger partial charge in [-0.2, -0.15) is 0 Å². The van der Waals surface area contributed by atoms with E-state index >= 15 is 0 Å². The predicted molar refractivity (Wildman–Crippen MR) is 78.2 cm³/mol. The minimum atomic E-state index is -0.0273. The first-order valence-corrected chi connectivity index (χ1v) is 6.46. The van der Waals surface area contributed by atoms with Crippen molar-refractivity contribution in [2.24, 2.45) is 5.73 Å². The van der Waals surface area contributed by atoms with E-state index < -0.39 is 0 Å². The molecule has 6 heteroatoms. The van der Waals surface area contributed by atoms with Gasteiger partial charge in [0.05, 0.1) is 11.9 Å². The maximum absolute atomic E-state index is 11.5. The Hall–Kier alpha value is -1.66. The summed E-state index contributed by atoms with van der Waals surface area (Å²) in [6.45, 7) is 2.31. The summed E-state index contributed by atoms with van der Waals surface area (Å²) in [6.07, 6.45) is 2.79. The molecule has 6 nitrogen and oxygen atoms in total. The van der Waals surface area contributed by atoms with Gasteiger partial charge < -0.3 is 21.3 Å². The highest BCUT2D eigenvalue weighted by Crippen LogP contribution is 2.09. The SMILES string of the molecule is CN(C)CCNc1ccc(NC(=O)CCCN)cn1. The van der Waals surface area contributed by atoms with E-state index in [4.69, 9.17) is 5.73 Å². The molecule has 0 fully saturated rings. The topological polar surface area (TPSA) is 83.3 Å². The molecule has 106 valence electrons. The molecule has 4 N–H and O–H groups in total. The molecule has 0 bridgehead atoms. The molecule has 0 unspecified atom stereocenters. The predicted octanol–water partition coefficient (Wildman–Crippen LogP) is 0.733. The molecule has 19 heavy (non-hydrogen) atoms. The standard InChI is InChI=1S/C13H23N5O/c1-18(2)9-8-15-12-6-5-11(10-16-12)17-13(19)4-3-7-14/h5-6,10H,3-4,7-9,14H2,1-2H3,(H,15,16)(H,17,19). The number of nitrogens with one attached hydrogen (secondary N) is 2. The fourth-order valence-electron chi connectivity index (χ4n) is 1.47. The van der Waals surface area contributed by atoms with Crippen LogP contribution in [0.15, 0.2) is 18.3 Å². The lowest BCUT2D eigenvalue weighted by molar-refractivity contribution is -0.116. The molecule has 1 aromatic rings. The highest BCUT2D eigenvalue weighted by molar-refractivity contribution is 5.90. The minimum Gasteiger partial charge on any atom is -0.369 e. The average molecular weight is 265 g/mol. The molecule has 0 spiro atoms. The molecule has 0 aliphatic heterocycles. The number of nitrogens with two attached hydrogens (primary N) is 1. The zero-order valence-electron chi connectivity index (χ0n) is 11.6. The minimum absolute atomic E-state index is 0.0273. The first-order valence-electron chi connectivity index (χ1n) is 6.46. The summed E-state index contributed by atoms with van der Waals surface area (Å²) in [5.41, 5.74) is 6.06. The molecule has 0 saturated carbocycles. The molecule has 1 heterocycles. The quantitative estimate of drug-likeness (QED) is 0.645. The molecule has 0 atom stereocenters. The van der Waals surface area contributed by atoms with E-state index in [9.17, 15) is 4.79 Å². The summed E-state index contributed by atoms with van der Waals surface area (Å²) in [5, 5.41) is 5.99. The lowest BCUT2D eigenvalue weighted by Crippen LogP contribution is -2.21. The Bertz CT molecular complexity index is 377. The van der Waals surface area contributed by atoms with Gasteiger partial charge in [0.25, 0.3) is 0 Å². The van der Waals surface area contributed by atoms with Gasteiger partial charge in [0, 0.05) is 19.5 Å². The van der Waals surface area contributed by atoms with Crippen LogP contribution in [-0.2, 0) is 4.79 Å². The number of likely N-dealkylation sites (N-methyl/N-ethyl adjacent to an activating group) is 1. The van der Waals surface area contributed by atoms with E-state index in [1.165, 1.54) is 0 Å². The highest BCUT2D eigenvalue weighted by atomic mass is 16.1. The Morgan fingerprint density at radius 2 is 2.21 bits per heavy atom. The second-order valence-electron chi connectivity index (χ2n) is 4.60. The van der Waals surface area contributed by atoms with Gasteiger partial charge in [-0.25, -0.2) is 4.98 Å². The van der Waals surface area contributed by atoms with E-state index in [1.807, 2.05) is 26.2 Å². The normalized spacial score (nSPS) is 10.5. The molecule has 1 rings (SSSR count). The number of hydrogen-bond donors (Lipinski definition) is 3. The Morgan fingerprint density at radius 1 is 1.42 bits per heavy atom. The number of rotatable bonds is 8. The molecular weight excluding hydrogens is 242 g/mol. The van der Waals surface area contributed by atoms with E-state index in [0.29, 0.717) is 25.1 Å². The van der Waals surface area contributed by atoms with Crippen molar-refractivity contribution < 1.29 is 4.79 Å². The number of hydrogen-bond acceptors (Lipinski definition) is 5. The van der Waals surface area contributed by atoms with Crippen LogP contribution in [0.25, 0.3) is 0 Å². The fourth-order valence-corrected chi connectivity index (χ4v) is 1.47. The van der Waals surface area contributed by atoms with Crippen LogP contribution in [0.1, 0.15) is 12.8 Å². The Balaban J connectivity index is 2.36. The second-order valence-corrected chi connectivity index (χ2v) is 4.60. The monoisotopic (exact) mass is 265 g/mol. The number of pyridine rings is 1. The van der Waals surface area contributed by atoms with Crippen molar-refractivity contribution in [3.05, 3.63) is 18.3 Å². The van der Waals surface area contributed by atoms with Gasteiger partial charge in [0.15, 0.2) is 0 Å². The maximum Gasteiger partial charge on any atom is 0.224 e. The summed E-state index contributed by atoms with van der Waals surface area (Å²) in [7, 11) is 4.05. The Morgan fingerprint density at radius 3 is 2.79 bits per heavy atom. The third-order valence-corrected chi connectivity index (χ3v) is 2.52. The van der Waals surface area contributed by atoms with Crippen LogP contribution in [0, 0.1) is 0 Å². The lowest BCUT2D eigenvalue weighted by atomic mass is 10.3. The smallest absolute Gasteiger partial charge is 0.224 e. The van der Waals surface area contributed by atoms with Gasteiger partial charge in [-0.1, -0.05) is 0 Å². The fraction of sp³-hybridized carbons (Fsp3) is 0.538. The van der Waals surface area contributed by atoms with Crippen molar-refractivity contribution in [3.63, 3.8) is 0 Å². The van der Waals surface area contributed by atoms with Crippen LogP contribution in [0.2, 0.25) is 0 Å². The summed E-state index contributed by atoms with van der Waals surface area (Å²) < 4.78 is 0. The number of carbonyl (C=O) groups is 1. The van der Waals surface area contributed by atoms with Crippen LogP contribution in [0.3, 0.4) is 0 Å². The van der Waals surface area contributed by atoms with Crippen LogP contribution in [0.4, 0.5) is 11.5 Å². The number of nitrogens with zero attached hydrogens (tertiary/aromatic N) is 2.